The van der Waals surface area contributed by atoms with Gasteiger partial charge in [-0.2, -0.15) is 0 Å². The second-order valence-corrected chi connectivity index (χ2v) is 9.19. The molecule has 0 unspecified atom stereocenters. The Hall–Kier alpha value is -3.81. The van der Waals surface area contributed by atoms with Crippen molar-refractivity contribution in [3.63, 3.8) is 0 Å². The average molecular weight is 469 g/mol. The second kappa shape index (κ2) is 10.6. The van der Waals surface area contributed by atoms with E-state index in [-0.39, 0.29) is 11.8 Å². The van der Waals surface area contributed by atoms with Gasteiger partial charge in [0.2, 0.25) is 5.95 Å². The summed E-state index contributed by atoms with van der Waals surface area (Å²) in [5.74, 6) is 0.622. The van der Waals surface area contributed by atoms with Gasteiger partial charge < -0.3 is 21.3 Å². The lowest BCUT2D eigenvalue weighted by atomic mass is 10.0. The first kappa shape index (κ1) is 24.3. The summed E-state index contributed by atoms with van der Waals surface area (Å²) in [6, 6.07) is 21.3. The number of benzene rings is 3. The Bertz CT molecular complexity index is 1330. The summed E-state index contributed by atoms with van der Waals surface area (Å²) in [5.41, 5.74) is 11.9. The topological polar surface area (TPSA) is 96.2 Å². The minimum absolute atomic E-state index is 0.183. The summed E-state index contributed by atoms with van der Waals surface area (Å²) in [5, 5.41) is 7.36. The number of amides is 1. The van der Waals surface area contributed by atoms with Crippen molar-refractivity contribution in [2.45, 2.75) is 32.9 Å². The van der Waals surface area contributed by atoms with Crippen molar-refractivity contribution >= 4 is 34.1 Å². The Kier molecular flexibility index (Phi) is 7.39. The van der Waals surface area contributed by atoms with Crippen LogP contribution in [0.4, 0.5) is 17.3 Å². The van der Waals surface area contributed by atoms with Crippen LogP contribution in [0.3, 0.4) is 0 Å². The summed E-state index contributed by atoms with van der Waals surface area (Å²) in [7, 11) is 4.02. The molecule has 180 valence electrons. The van der Waals surface area contributed by atoms with Gasteiger partial charge in [0.25, 0.3) is 5.91 Å². The molecule has 0 bridgehead atoms. The molecule has 7 nitrogen and oxygen atoms in total. The molecule has 0 fully saturated rings. The average Bonchev–Trinajstić information content (AvgIpc) is 2.83. The first-order valence-electron chi connectivity index (χ1n) is 11.8. The van der Waals surface area contributed by atoms with Crippen LogP contribution in [0.2, 0.25) is 0 Å². The molecule has 0 aliphatic heterocycles. The molecule has 0 saturated carbocycles. The van der Waals surface area contributed by atoms with Gasteiger partial charge in [-0.25, -0.2) is 9.97 Å². The van der Waals surface area contributed by atoms with Crippen LogP contribution in [0, 0.1) is 0 Å². The maximum absolute atomic E-state index is 12.9. The van der Waals surface area contributed by atoms with Crippen molar-refractivity contribution in [1.82, 2.24) is 14.9 Å². The normalized spacial score (nSPS) is 11.3. The van der Waals surface area contributed by atoms with Crippen molar-refractivity contribution < 1.29 is 4.79 Å². The molecule has 0 aliphatic rings. The lowest BCUT2D eigenvalue weighted by molar-refractivity contribution is 0.102. The van der Waals surface area contributed by atoms with Gasteiger partial charge in [-0.15, -0.1) is 0 Å². The second-order valence-electron chi connectivity index (χ2n) is 9.19. The number of nitrogens with two attached hydrogens (primary N) is 1. The third-order valence-corrected chi connectivity index (χ3v) is 5.72. The summed E-state index contributed by atoms with van der Waals surface area (Å²) >= 11 is 0. The zero-order chi connectivity index (χ0) is 24.9. The molecule has 35 heavy (non-hydrogen) atoms. The van der Waals surface area contributed by atoms with Crippen LogP contribution in [0.1, 0.15) is 46.9 Å². The number of anilines is 3. The summed E-state index contributed by atoms with van der Waals surface area (Å²) < 4.78 is 0. The highest BCUT2D eigenvalue weighted by molar-refractivity contribution is 6.05. The third kappa shape index (κ3) is 5.82. The number of aromatic nitrogens is 2. The van der Waals surface area contributed by atoms with E-state index in [1.807, 2.05) is 68.7 Å². The quantitative estimate of drug-likeness (QED) is 0.326. The van der Waals surface area contributed by atoms with Crippen LogP contribution >= 0.6 is 0 Å². The predicted octanol–water partition coefficient (Wildman–Crippen LogP) is 5.27. The Balaban J connectivity index is 1.51. The van der Waals surface area contributed by atoms with Crippen LogP contribution < -0.4 is 16.4 Å². The molecule has 1 heterocycles. The van der Waals surface area contributed by atoms with Gasteiger partial charge in [0, 0.05) is 35.4 Å². The molecule has 4 N–H and O–H groups in total. The molecule has 7 heteroatoms. The molecular weight excluding hydrogens is 436 g/mol. The van der Waals surface area contributed by atoms with Gasteiger partial charge in [-0.05, 0) is 67.5 Å². The summed E-state index contributed by atoms with van der Waals surface area (Å²) in [4.78, 5) is 24.4. The van der Waals surface area contributed by atoms with E-state index in [0.29, 0.717) is 18.1 Å². The van der Waals surface area contributed by atoms with Crippen molar-refractivity contribution in [2.24, 2.45) is 5.73 Å². The molecule has 0 radical (unpaired) electrons. The lowest BCUT2D eigenvalue weighted by Gasteiger charge is -2.15. The van der Waals surface area contributed by atoms with Gasteiger partial charge in [0.15, 0.2) is 0 Å². The van der Waals surface area contributed by atoms with Crippen LogP contribution in [0.25, 0.3) is 10.9 Å². The van der Waals surface area contributed by atoms with Crippen LogP contribution in [0.5, 0.6) is 0 Å². The lowest BCUT2D eigenvalue weighted by Crippen LogP contribution is -2.16. The van der Waals surface area contributed by atoms with Crippen molar-refractivity contribution in [2.75, 3.05) is 24.7 Å². The molecular formula is C28H32N6O. The van der Waals surface area contributed by atoms with Gasteiger partial charge in [0.1, 0.15) is 0 Å². The molecule has 1 aromatic heterocycles. The Morgan fingerprint density at radius 2 is 1.74 bits per heavy atom. The molecule has 4 aromatic rings. The first-order valence-corrected chi connectivity index (χ1v) is 11.8. The predicted molar refractivity (Wildman–Crippen MR) is 143 cm³/mol. The number of hydrogen-bond acceptors (Lipinski definition) is 6. The summed E-state index contributed by atoms with van der Waals surface area (Å²) in [6.45, 7) is 5.38. The Labute approximate surface area is 206 Å². The highest BCUT2D eigenvalue weighted by Crippen LogP contribution is 2.25. The largest absolute Gasteiger partial charge is 0.326 e. The highest BCUT2D eigenvalue weighted by atomic mass is 16.1. The molecule has 3 aromatic carbocycles. The van der Waals surface area contributed by atoms with E-state index in [0.717, 1.165) is 45.6 Å². The maximum atomic E-state index is 12.9. The van der Waals surface area contributed by atoms with Gasteiger partial charge in [-0.3, -0.25) is 4.79 Å². The van der Waals surface area contributed by atoms with E-state index in [4.69, 9.17) is 10.7 Å². The standard InChI is InChI=1S/C28H32N6O/c1-18(2)26-23-7-5-6-8-24(23)32-28(33-26)30-22-13-11-20(12-14-22)27(35)31-25-15-19(17-34(3)4)9-10-21(25)16-29/h5-15,18H,16-17,29H2,1-4H3,(H,31,35)(H,30,32,33). The fourth-order valence-electron chi connectivity index (χ4n) is 4.01. The molecule has 4 rings (SSSR count). The van der Waals surface area contributed by atoms with E-state index in [1.165, 1.54) is 0 Å². The van der Waals surface area contributed by atoms with E-state index in [1.54, 1.807) is 12.1 Å². The molecule has 1 amide bonds. The first-order chi connectivity index (χ1) is 16.8. The minimum atomic E-state index is -0.183. The van der Waals surface area contributed by atoms with Gasteiger partial charge in [-0.1, -0.05) is 44.2 Å². The summed E-state index contributed by atoms with van der Waals surface area (Å²) in [6.07, 6.45) is 0. The van der Waals surface area contributed by atoms with Crippen molar-refractivity contribution in [1.29, 1.82) is 0 Å². The number of hydrogen-bond donors (Lipinski definition) is 3. The molecule has 0 spiro atoms. The number of carbonyl (C=O) groups excluding carboxylic acids is 1. The Morgan fingerprint density at radius 1 is 1.00 bits per heavy atom. The molecule has 0 saturated heterocycles. The van der Waals surface area contributed by atoms with E-state index < -0.39 is 0 Å². The van der Waals surface area contributed by atoms with Crippen molar-refractivity contribution in [3.8, 4) is 0 Å². The number of para-hydroxylation sites is 1. The number of carbonyl (C=O) groups is 1. The van der Waals surface area contributed by atoms with E-state index in [2.05, 4.69) is 34.4 Å². The number of rotatable bonds is 8. The van der Waals surface area contributed by atoms with Crippen molar-refractivity contribution in [3.05, 3.63) is 89.1 Å². The Morgan fingerprint density at radius 3 is 2.43 bits per heavy atom. The molecule has 0 aliphatic carbocycles. The molecule has 0 atom stereocenters. The third-order valence-electron chi connectivity index (χ3n) is 5.72. The zero-order valence-corrected chi connectivity index (χ0v) is 20.7. The van der Waals surface area contributed by atoms with Crippen LogP contribution in [-0.4, -0.2) is 34.9 Å². The minimum Gasteiger partial charge on any atom is -0.326 e. The zero-order valence-electron chi connectivity index (χ0n) is 20.7. The SMILES string of the molecule is CC(C)c1nc(Nc2ccc(C(=O)Nc3cc(CN(C)C)ccc3CN)cc2)nc2ccccc12. The van der Waals surface area contributed by atoms with Crippen LogP contribution in [-0.2, 0) is 13.1 Å². The number of fused-ring (bicyclic) bond motifs is 1. The number of nitrogens with one attached hydrogen (secondary N) is 2. The monoisotopic (exact) mass is 468 g/mol. The fourth-order valence-corrected chi connectivity index (χ4v) is 4.01. The van der Waals surface area contributed by atoms with E-state index >= 15 is 0 Å². The smallest absolute Gasteiger partial charge is 0.255 e. The highest BCUT2D eigenvalue weighted by Gasteiger charge is 2.13. The van der Waals surface area contributed by atoms with Gasteiger partial charge >= 0.3 is 0 Å². The van der Waals surface area contributed by atoms with Gasteiger partial charge in [0.05, 0.1) is 11.2 Å². The van der Waals surface area contributed by atoms with E-state index in [9.17, 15) is 4.79 Å². The van der Waals surface area contributed by atoms with Crippen LogP contribution in [0.15, 0.2) is 66.7 Å². The fraction of sp³-hybridized carbons (Fsp3) is 0.250. The number of nitrogens with zero attached hydrogens (tertiary/aromatic N) is 3. The maximum Gasteiger partial charge on any atom is 0.255 e.